The van der Waals surface area contributed by atoms with Crippen LogP contribution in [0.4, 0.5) is 5.69 Å². The molecule has 2 unspecified atom stereocenters. The average Bonchev–Trinajstić information content (AvgIpc) is 3.18. The van der Waals surface area contributed by atoms with Crippen molar-refractivity contribution in [1.82, 2.24) is 4.90 Å². The van der Waals surface area contributed by atoms with Gasteiger partial charge >= 0.3 is 5.97 Å². The van der Waals surface area contributed by atoms with Crippen molar-refractivity contribution in [2.24, 2.45) is 5.92 Å². The van der Waals surface area contributed by atoms with E-state index in [4.69, 9.17) is 4.74 Å². The first-order valence-electron chi connectivity index (χ1n) is 9.10. The lowest BCUT2D eigenvalue weighted by Crippen LogP contribution is -2.65. The first kappa shape index (κ1) is 16.0. The van der Waals surface area contributed by atoms with Gasteiger partial charge in [0.2, 0.25) is 0 Å². The van der Waals surface area contributed by atoms with Gasteiger partial charge in [0.05, 0.1) is 18.1 Å². The number of anilines is 1. The largest absolute Gasteiger partial charge is 0.466 e. The third-order valence-electron chi connectivity index (χ3n) is 7.03. The molecular weight excluding hydrogens is 332 g/mol. The number of piperidine rings is 1. The summed E-state index contributed by atoms with van der Waals surface area (Å²) in [6, 6.07) is 8.32. The van der Waals surface area contributed by atoms with Crippen LogP contribution in [-0.2, 0) is 19.7 Å². The van der Waals surface area contributed by atoms with E-state index in [0.29, 0.717) is 12.0 Å². The molecule has 2 N–H and O–H groups in total. The summed E-state index contributed by atoms with van der Waals surface area (Å²) < 4.78 is 5.09. The van der Waals surface area contributed by atoms with Gasteiger partial charge in [-0.15, -0.1) is 0 Å². The summed E-state index contributed by atoms with van der Waals surface area (Å²) in [5, 5.41) is 14.7. The van der Waals surface area contributed by atoms with Gasteiger partial charge in [0.15, 0.2) is 5.78 Å². The minimum absolute atomic E-state index is 0.173. The van der Waals surface area contributed by atoms with Crippen LogP contribution in [0.25, 0.3) is 0 Å². The first-order valence-corrected chi connectivity index (χ1v) is 9.10. The number of hydrogen-bond acceptors (Lipinski definition) is 6. The summed E-state index contributed by atoms with van der Waals surface area (Å²) in [6.45, 7) is 2.48. The van der Waals surface area contributed by atoms with E-state index in [1.807, 2.05) is 18.2 Å². The van der Waals surface area contributed by atoms with Crippen molar-refractivity contribution in [1.29, 1.82) is 0 Å². The van der Waals surface area contributed by atoms with Gasteiger partial charge in [-0.05, 0) is 37.9 Å². The summed E-state index contributed by atoms with van der Waals surface area (Å²) in [6.07, 6.45) is 1.44. The van der Waals surface area contributed by atoms with E-state index in [1.54, 1.807) is 0 Å². The molecule has 4 aliphatic rings. The highest BCUT2D eigenvalue weighted by molar-refractivity contribution is 5.97. The zero-order valence-electron chi connectivity index (χ0n) is 14.9. The van der Waals surface area contributed by atoms with Crippen LogP contribution in [0.1, 0.15) is 25.3 Å². The molecule has 136 valence electrons. The predicted molar refractivity (Wildman–Crippen MR) is 94.5 cm³/mol. The lowest BCUT2D eigenvalue weighted by atomic mass is 9.59. The highest BCUT2D eigenvalue weighted by Crippen LogP contribution is 2.61. The number of aliphatic hydroxyl groups is 1. The van der Waals surface area contributed by atoms with Crippen molar-refractivity contribution in [3.05, 3.63) is 41.1 Å². The molecule has 0 saturated carbocycles. The third kappa shape index (κ3) is 1.65. The van der Waals surface area contributed by atoms with Crippen molar-refractivity contribution in [3.63, 3.8) is 0 Å². The number of nitrogens with zero attached hydrogens (tertiary/aromatic N) is 1. The van der Waals surface area contributed by atoms with Crippen molar-refractivity contribution >= 4 is 17.4 Å². The Balaban J connectivity index is 1.82. The Labute approximate surface area is 151 Å². The number of carbonyl (C=O) groups is 2. The van der Waals surface area contributed by atoms with Crippen LogP contribution < -0.4 is 5.32 Å². The summed E-state index contributed by atoms with van der Waals surface area (Å²) in [5.41, 5.74) is 1.64. The zero-order chi connectivity index (χ0) is 18.3. The van der Waals surface area contributed by atoms with Crippen molar-refractivity contribution < 1.29 is 19.4 Å². The van der Waals surface area contributed by atoms with Crippen LogP contribution in [0.5, 0.6) is 0 Å². The Kier molecular flexibility index (Phi) is 3.06. The normalized spacial score (nSPS) is 37.0. The smallest absolute Gasteiger partial charge is 0.335 e. The second kappa shape index (κ2) is 4.96. The SMILES string of the molecule is COC(=O)C1=C2Nc3ccccc3[C@@]23CCN2C[C@@](O)(C(C)=O)C1CC23. The monoisotopic (exact) mass is 354 g/mol. The molecule has 0 amide bonds. The molecule has 1 spiro atoms. The lowest BCUT2D eigenvalue weighted by Gasteiger charge is -2.53. The Morgan fingerprint density at radius 1 is 1.35 bits per heavy atom. The quantitative estimate of drug-likeness (QED) is 0.777. The number of carbonyl (C=O) groups excluding carboxylic acids is 2. The zero-order valence-corrected chi connectivity index (χ0v) is 14.9. The number of nitrogens with one attached hydrogen (secondary N) is 1. The summed E-state index contributed by atoms with van der Waals surface area (Å²) in [5.74, 6) is -1.29. The molecule has 3 aliphatic heterocycles. The van der Waals surface area contributed by atoms with E-state index >= 15 is 0 Å². The maximum atomic E-state index is 12.8. The van der Waals surface area contributed by atoms with Gasteiger partial charge in [0, 0.05) is 29.9 Å². The standard InChI is InChI=1S/C20H22N2O4/c1-11(23)20(25)10-22-8-7-19-12-5-3-4-6-14(12)21-17(19)16(18(24)26-2)13(20)9-15(19)22/h3-6,13,15,21,25H,7-10H2,1-2H3/t13?,15?,19-,20-/m1/s1. The minimum atomic E-state index is -1.56. The molecule has 1 aliphatic carbocycles. The molecule has 0 radical (unpaired) electrons. The van der Waals surface area contributed by atoms with E-state index < -0.39 is 17.5 Å². The molecule has 1 aromatic carbocycles. The van der Waals surface area contributed by atoms with Crippen LogP contribution in [0, 0.1) is 5.92 Å². The number of benzene rings is 1. The van der Waals surface area contributed by atoms with Crippen LogP contribution in [0.2, 0.25) is 0 Å². The molecule has 0 aromatic heterocycles. The van der Waals surface area contributed by atoms with Crippen LogP contribution in [0.3, 0.4) is 0 Å². The van der Waals surface area contributed by atoms with Gasteiger partial charge in [0.1, 0.15) is 5.60 Å². The second-order valence-electron chi connectivity index (χ2n) is 7.93. The number of rotatable bonds is 2. The maximum absolute atomic E-state index is 12.8. The fourth-order valence-electron chi connectivity index (χ4n) is 5.85. The molecule has 6 heteroatoms. The first-order chi connectivity index (χ1) is 12.4. The number of hydrogen-bond donors (Lipinski definition) is 2. The molecule has 2 fully saturated rings. The van der Waals surface area contributed by atoms with E-state index in [0.717, 1.165) is 24.4 Å². The van der Waals surface area contributed by atoms with E-state index in [9.17, 15) is 14.7 Å². The molecule has 4 atom stereocenters. The summed E-state index contributed by atoms with van der Waals surface area (Å²) in [4.78, 5) is 27.4. The lowest BCUT2D eigenvalue weighted by molar-refractivity contribution is -0.154. The second-order valence-corrected chi connectivity index (χ2v) is 7.93. The number of ether oxygens (including phenoxy) is 1. The van der Waals surface area contributed by atoms with Gasteiger partial charge in [-0.2, -0.15) is 0 Å². The summed E-state index contributed by atoms with van der Waals surface area (Å²) in [7, 11) is 1.35. The topological polar surface area (TPSA) is 78.9 Å². The van der Waals surface area contributed by atoms with Gasteiger partial charge in [-0.3, -0.25) is 9.69 Å². The average molecular weight is 354 g/mol. The van der Waals surface area contributed by atoms with Gasteiger partial charge in [0.25, 0.3) is 0 Å². The number of esters is 1. The summed E-state index contributed by atoms with van der Waals surface area (Å²) >= 11 is 0. The predicted octanol–water partition coefficient (Wildman–Crippen LogP) is 1.20. The fraction of sp³-hybridized carbons (Fsp3) is 0.500. The van der Waals surface area contributed by atoms with E-state index in [2.05, 4.69) is 16.3 Å². The van der Waals surface area contributed by atoms with Gasteiger partial charge in [-0.25, -0.2) is 4.79 Å². The highest BCUT2D eigenvalue weighted by Gasteiger charge is 2.66. The number of methoxy groups -OCH3 is 1. The molecule has 1 aromatic rings. The van der Waals surface area contributed by atoms with Gasteiger partial charge < -0.3 is 15.2 Å². The number of Topliss-reactive ketones (excluding diaryl/α,β-unsaturated/α-hetero) is 1. The van der Waals surface area contributed by atoms with Crippen LogP contribution in [0.15, 0.2) is 35.5 Å². The van der Waals surface area contributed by atoms with Gasteiger partial charge in [-0.1, -0.05) is 18.2 Å². The molecule has 2 bridgehead atoms. The molecule has 3 heterocycles. The molecule has 5 rings (SSSR count). The number of fused-ring (bicyclic) bond motifs is 2. The van der Waals surface area contributed by atoms with Crippen molar-refractivity contribution in [2.75, 3.05) is 25.5 Å². The number of ketones is 1. The molecule has 2 saturated heterocycles. The minimum Gasteiger partial charge on any atom is -0.466 e. The molecular formula is C20H22N2O4. The number of para-hydroxylation sites is 1. The third-order valence-corrected chi connectivity index (χ3v) is 7.03. The Bertz CT molecular complexity index is 878. The van der Waals surface area contributed by atoms with Crippen molar-refractivity contribution in [3.8, 4) is 0 Å². The fourth-order valence-corrected chi connectivity index (χ4v) is 5.85. The Morgan fingerprint density at radius 3 is 2.85 bits per heavy atom. The van der Waals surface area contributed by atoms with Crippen LogP contribution >= 0.6 is 0 Å². The van der Waals surface area contributed by atoms with E-state index in [1.165, 1.54) is 19.6 Å². The highest BCUT2D eigenvalue weighted by atomic mass is 16.5. The Hall–Kier alpha value is -2.18. The van der Waals surface area contributed by atoms with Crippen molar-refractivity contribution in [2.45, 2.75) is 36.8 Å². The van der Waals surface area contributed by atoms with Crippen LogP contribution in [-0.4, -0.2) is 53.6 Å². The van der Waals surface area contributed by atoms with E-state index in [-0.39, 0.29) is 23.8 Å². The molecule has 6 nitrogen and oxygen atoms in total. The maximum Gasteiger partial charge on any atom is 0.335 e. The Morgan fingerprint density at radius 2 is 2.12 bits per heavy atom. The molecule has 26 heavy (non-hydrogen) atoms.